The molecule has 0 amide bonds. The molecule has 1 N–H and O–H groups in total. The average molecular weight is 156 g/mol. The third-order valence-corrected chi connectivity index (χ3v) is 1.97. The van der Waals surface area contributed by atoms with Crippen LogP contribution in [0.5, 0.6) is 0 Å². The van der Waals surface area contributed by atoms with Crippen LogP contribution in [0.1, 0.15) is 27.7 Å². The predicted octanol–water partition coefficient (Wildman–Crippen LogP) is 1.54. The molecular weight excluding hydrogens is 140 g/mol. The molecule has 2 nitrogen and oxygen atoms in total. The van der Waals surface area contributed by atoms with Crippen LogP contribution in [0.4, 0.5) is 0 Å². The molecule has 0 aromatic heterocycles. The van der Waals surface area contributed by atoms with Gasteiger partial charge < -0.3 is 5.11 Å². The van der Waals surface area contributed by atoms with Crippen molar-refractivity contribution in [1.82, 2.24) is 0 Å². The fraction of sp³-hybridized carbons (Fsp3) is 0.667. The molecule has 0 aliphatic rings. The Hall–Kier alpha value is -0.630. The lowest BCUT2D eigenvalue weighted by atomic mass is 9.85. The summed E-state index contributed by atoms with van der Waals surface area (Å²) in [6.07, 6.45) is 0. The van der Waals surface area contributed by atoms with Crippen molar-refractivity contribution in [2.24, 2.45) is 5.92 Å². The third kappa shape index (κ3) is 2.15. The van der Waals surface area contributed by atoms with Crippen LogP contribution in [0.3, 0.4) is 0 Å². The lowest BCUT2D eigenvalue weighted by Gasteiger charge is -2.25. The molecule has 11 heavy (non-hydrogen) atoms. The van der Waals surface area contributed by atoms with Crippen LogP contribution in [0.25, 0.3) is 0 Å². The van der Waals surface area contributed by atoms with Crippen molar-refractivity contribution in [3.63, 3.8) is 0 Å². The van der Waals surface area contributed by atoms with Gasteiger partial charge in [-0.3, -0.25) is 4.79 Å². The Bertz CT molecular complexity index is 178. The number of ketones is 1. The standard InChI is InChI=1S/C9H16O2/c1-6(2)8(10)9(5,11)7(3)4/h7,11H,1H2,2-5H3. The third-order valence-electron chi connectivity index (χ3n) is 1.97. The zero-order chi connectivity index (χ0) is 9.23. The Kier molecular flexibility index (Phi) is 3.00. The molecule has 1 atom stereocenters. The average Bonchev–Trinajstić information content (AvgIpc) is 1.85. The van der Waals surface area contributed by atoms with E-state index in [0.717, 1.165) is 0 Å². The van der Waals surface area contributed by atoms with Crippen molar-refractivity contribution in [2.45, 2.75) is 33.3 Å². The number of hydrogen-bond acceptors (Lipinski definition) is 2. The molecule has 0 rings (SSSR count). The van der Waals surface area contributed by atoms with Gasteiger partial charge in [0.15, 0.2) is 5.78 Å². The van der Waals surface area contributed by atoms with Crippen LogP contribution < -0.4 is 0 Å². The monoisotopic (exact) mass is 156 g/mol. The van der Waals surface area contributed by atoms with Crippen LogP contribution >= 0.6 is 0 Å². The summed E-state index contributed by atoms with van der Waals surface area (Å²) in [5.41, 5.74) is -0.852. The Morgan fingerprint density at radius 3 is 2.00 bits per heavy atom. The van der Waals surface area contributed by atoms with E-state index >= 15 is 0 Å². The maximum absolute atomic E-state index is 11.3. The quantitative estimate of drug-likeness (QED) is 0.629. The van der Waals surface area contributed by atoms with E-state index in [4.69, 9.17) is 0 Å². The molecule has 0 saturated heterocycles. The fourth-order valence-corrected chi connectivity index (χ4v) is 0.694. The molecule has 1 unspecified atom stereocenters. The van der Waals surface area contributed by atoms with Gasteiger partial charge in [0.05, 0.1) is 0 Å². The van der Waals surface area contributed by atoms with Crippen LogP contribution in [0.15, 0.2) is 12.2 Å². The maximum Gasteiger partial charge on any atom is 0.189 e. The van der Waals surface area contributed by atoms with E-state index in [0.29, 0.717) is 5.57 Å². The first kappa shape index (κ1) is 10.4. The topological polar surface area (TPSA) is 37.3 Å². The van der Waals surface area contributed by atoms with E-state index in [1.807, 2.05) is 0 Å². The summed E-state index contributed by atoms with van der Waals surface area (Å²) < 4.78 is 0. The Morgan fingerprint density at radius 1 is 1.55 bits per heavy atom. The molecule has 0 radical (unpaired) electrons. The summed E-state index contributed by atoms with van der Waals surface area (Å²) in [5, 5.41) is 9.62. The maximum atomic E-state index is 11.3. The highest BCUT2D eigenvalue weighted by Crippen LogP contribution is 2.19. The summed E-state index contributed by atoms with van der Waals surface area (Å²) in [6, 6.07) is 0. The lowest BCUT2D eigenvalue weighted by molar-refractivity contribution is -0.135. The van der Waals surface area contributed by atoms with Crippen molar-refractivity contribution in [1.29, 1.82) is 0 Å². The molecule has 64 valence electrons. The molecule has 0 fully saturated rings. The molecule has 2 heteroatoms. The van der Waals surface area contributed by atoms with Crippen molar-refractivity contribution < 1.29 is 9.90 Å². The van der Waals surface area contributed by atoms with E-state index in [1.165, 1.54) is 6.92 Å². The zero-order valence-corrected chi connectivity index (χ0v) is 7.64. The van der Waals surface area contributed by atoms with Gasteiger partial charge in [0.25, 0.3) is 0 Å². The Morgan fingerprint density at radius 2 is 1.91 bits per heavy atom. The second-order valence-corrected chi connectivity index (χ2v) is 3.41. The summed E-state index contributed by atoms with van der Waals surface area (Å²) in [4.78, 5) is 11.3. The van der Waals surface area contributed by atoms with E-state index in [1.54, 1.807) is 20.8 Å². The Labute approximate surface area is 67.9 Å². The molecule has 0 aliphatic heterocycles. The van der Waals surface area contributed by atoms with Gasteiger partial charge in [0, 0.05) is 0 Å². The summed E-state index contributed by atoms with van der Waals surface area (Å²) >= 11 is 0. The van der Waals surface area contributed by atoms with Gasteiger partial charge in [-0.1, -0.05) is 20.4 Å². The van der Waals surface area contributed by atoms with Gasteiger partial charge in [-0.2, -0.15) is 0 Å². The number of carbonyl (C=O) groups is 1. The van der Waals surface area contributed by atoms with Gasteiger partial charge in [-0.05, 0) is 25.3 Å². The first-order valence-corrected chi connectivity index (χ1v) is 3.72. The highest BCUT2D eigenvalue weighted by molar-refractivity contribution is 6.00. The number of hydrogen-bond donors (Lipinski definition) is 1. The first-order chi connectivity index (χ1) is 4.80. The highest BCUT2D eigenvalue weighted by Gasteiger charge is 2.33. The van der Waals surface area contributed by atoms with Crippen LogP contribution in [0.2, 0.25) is 0 Å². The number of Topliss-reactive ketones (excluding diaryl/α,β-unsaturated/α-hetero) is 1. The largest absolute Gasteiger partial charge is 0.382 e. The predicted molar refractivity (Wildman–Crippen MR) is 45.3 cm³/mol. The van der Waals surface area contributed by atoms with Crippen molar-refractivity contribution in [3.8, 4) is 0 Å². The molecular formula is C9H16O2. The fourth-order valence-electron chi connectivity index (χ4n) is 0.694. The van der Waals surface area contributed by atoms with Crippen molar-refractivity contribution >= 4 is 5.78 Å². The minimum Gasteiger partial charge on any atom is -0.382 e. The van der Waals surface area contributed by atoms with Gasteiger partial charge in [0.2, 0.25) is 0 Å². The number of carbonyl (C=O) groups excluding carboxylic acids is 1. The smallest absolute Gasteiger partial charge is 0.189 e. The van der Waals surface area contributed by atoms with E-state index in [2.05, 4.69) is 6.58 Å². The lowest BCUT2D eigenvalue weighted by Crippen LogP contribution is -2.40. The van der Waals surface area contributed by atoms with Crippen LogP contribution in [-0.2, 0) is 4.79 Å². The van der Waals surface area contributed by atoms with Gasteiger partial charge in [-0.25, -0.2) is 0 Å². The minimum absolute atomic E-state index is 0.0771. The molecule has 0 aromatic rings. The summed E-state index contributed by atoms with van der Waals surface area (Å²) in [5.74, 6) is -0.348. The van der Waals surface area contributed by atoms with Gasteiger partial charge in [-0.15, -0.1) is 0 Å². The molecule has 0 aromatic carbocycles. The van der Waals surface area contributed by atoms with Crippen molar-refractivity contribution in [3.05, 3.63) is 12.2 Å². The number of aliphatic hydroxyl groups is 1. The van der Waals surface area contributed by atoms with Gasteiger partial charge >= 0.3 is 0 Å². The van der Waals surface area contributed by atoms with Crippen molar-refractivity contribution in [2.75, 3.05) is 0 Å². The van der Waals surface area contributed by atoms with Gasteiger partial charge in [0.1, 0.15) is 5.60 Å². The summed E-state index contributed by atoms with van der Waals surface area (Å²) in [7, 11) is 0. The van der Waals surface area contributed by atoms with E-state index < -0.39 is 5.60 Å². The SMILES string of the molecule is C=C(C)C(=O)C(C)(O)C(C)C. The van der Waals surface area contributed by atoms with Crippen LogP contribution in [-0.4, -0.2) is 16.5 Å². The second kappa shape index (κ2) is 3.18. The molecule has 0 bridgehead atoms. The Balaban J connectivity index is 4.56. The zero-order valence-electron chi connectivity index (χ0n) is 7.64. The van der Waals surface area contributed by atoms with E-state index in [-0.39, 0.29) is 11.7 Å². The molecule has 0 spiro atoms. The van der Waals surface area contributed by atoms with Crippen LogP contribution in [0, 0.1) is 5.92 Å². The first-order valence-electron chi connectivity index (χ1n) is 3.72. The molecule has 0 saturated carbocycles. The highest BCUT2D eigenvalue weighted by atomic mass is 16.3. The summed E-state index contributed by atoms with van der Waals surface area (Å²) in [6.45, 7) is 10.2. The molecule has 0 aliphatic carbocycles. The normalized spacial score (nSPS) is 16.2. The number of rotatable bonds is 3. The second-order valence-electron chi connectivity index (χ2n) is 3.41. The molecule has 0 heterocycles. The van der Waals surface area contributed by atoms with E-state index in [9.17, 15) is 9.90 Å². The minimum atomic E-state index is -1.26.